The molecule has 10 nitrogen and oxygen atoms in total. The normalized spacial score (nSPS) is 12.3. The molecule has 1 aromatic carbocycles. The van der Waals surface area contributed by atoms with Gasteiger partial charge < -0.3 is 30.4 Å². The van der Waals surface area contributed by atoms with E-state index in [-0.39, 0.29) is 11.7 Å². The third kappa shape index (κ3) is 7.30. The molecule has 0 saturated heterocycles. The minimum Gasteiger partial charge on any atom is -0.459 e. The van der Waals surface area contributed by atoms with Crippen molar-refractivity contribution in [3.63, 3.8) is 0 Å². The zero-order chi connectivity index (χ0) is 26.5. The number of anilines is 2. The molecule has 4 N–H and O–H groups in total. The highest BCUT2D eigenvalue weighted by Gasteiger charge is 2.25. The average Bonchev–Trinajstić information content (AvgIpc) is 3.10. The molecule has 0 aliphatic heterocycles. The highest BCUT2D eigenvalue weighted by molar-refractivity contribution is 5.89. The Morgan fingerprint density at radius 3 is 2.47 bits per heavy atom. The molecular formula is C25H33FN6O4. The first-order chi connectivity index (χ1) is 16.9. The van der Waals surface area contributed by atoms with Crippen molar-refractivity contribution >= 4 is 34.7 Å². The molecule has 3 aromatic rings. The van der Waals surface area contributed by atoms with Crippen LogP contribution in [0.2, 0.25) is 0 Å². The van der Waals surface area contributed by atoms with E-state index < -0.39 is 23.8 Å². The van der Waals surface area contributed by atoms with Crippen LogP contribution in [0.3, 0.4) is 0 Å². The Hall–Kier alpha value is -3.89. The fraction of sp³-hybridized carbons (Fsp3) is 0.440. The number of carbonyl (C=O) groups excluding carboxylic acids is 2. The number of amides is 3. The third-order valence-corrected chi connectivity index (χ3v) is 5.16. The predicted molar refractivity (Wildman–Crippen MR) is 135 cm³/mol. The van der Waals surface area contributed by atoms with Gasteiger partial charge >= 0.3 is 12.1 Å². The Bertz CT molecular complexity index is 1200. The van der Waals surface area contributed by atoms with E-state index in [0.29, 0.717) is 41.5 Å². The lowest BCUT2D eigenvalue weighted by Gasteiger charge is -2.21. The number of carbonyl (C=O) groups is 2. The number of benzene rings is 1. The summed E-state index contributed by atoms with van der Waals surface area (Å²) in [5.41, 5.74) is 1.18. The van der Waals surface area contributed by atoms with E-state index in [1.54, 1.807) is 26.8 Å². The van der Waals surface area contributed by atoms with Crippen LogP contribution in [-0.4, -0.2) is 40.8 Å². The van der Waals surface area contributed by atoms with E-state index in [0.717, 1.165) is 5.56 Å². The van der Waals surface area contributed by atoms with Gasteiger partial charge in [-0.15, -0.1) is 0 Å². The van der Waals surface area contributed by atoms with Crippen molar-refractivity contribution in [2.45, 2.75) is 53.2 Å². The molecule has 0 bridgehead atoms. The summed E-state index contributed by atoms with van der Waals surface area (Å²) < 4.78 is 24.8. The number of nitrogens with one attached hydrogen (secondary N) is 4. The second-order valence-electron chi connectivity index (χ2n) is 9.70. The van der Waals surface area contributed by atoms with Crippen LogP contribution in [0, 0.1) is 18.7 Å². The maximum absolute atomic E-state index is 13.7. The number of hydrogen-bond donors (Lipinski definition) is 4. The lowest BCUT2D eigenvalue weighted by atomic mass is 9.98. The van der Waals surface area contributed by atoms with Crippen molar-refractivity contribution in [3.05, 3.63) is 47.7 Å². The largest absolute Gasteiger partial charge is 0.459 e. The van der Waals surface area contributed by atoms with E-state index in [1.165, 1.54) is 24.5 Å². The Morgan fingerprint density at radius 1 is 1.14 bits per heavy atom. The lowest BCUT2D eigenvalue weighted by Crippen LogP contribution is -2.35. The molecule has 2 heterocycles. The summed E-state index contributed by atoms with van der Waals surface area (Å²) >= 11 is 0. The number of halogens is 1. The maximum atomic E-state index is 13.7. The quantitative estimate of drug-likeness (QED) is 0.316. The van der Waals surface area contributed by atoms with Gasteiger partial charge in [-0.2, -0.15) is 0 Å². The number of urea groups is 1. The lowest BCUT2D eigenvalue weighted by molar-refractivity contribution is 0.0530. The Balaban J connectivity index is 1.54. The number of rotatable bonds is 8. The van der Waals surface area contributed by atoms with Crippen LogP contribution in [-0.2, 0) is 4.74 Å². The van der Waals surface area contributed by atoms with Crippen molar-refractivity contribution < 1.29 is 23.1 Å². The maximum Gasteiger partial charge on any atom is 0.407 e. The first-order valence-corrected chi connectivity index (χ1v) is 11.7. The van der Waals surface area contributed by atoms with Gasteiger partial charge in [0.15, 0.2) is 0 Å². The highest BCUT2D eigenvalue weighted by Crippen LogP contribution is 2.33. The topological polar surface area (TPSA) is 130 Å². The monoisotopic (exact) mass is 500 g/mol. The zero-order valence-corrected chi connectivity index (χ0v) is 21.4. The van der Waals surface area contributed by atoms with Gasteiger partial charge in [-0.3, -0.25) is 0 Å². The Labute approximate surface area is 209 Å². The van der Waals surface area contributed by atoms with E-state index in [4.69, 9.17) is 9.15 Å². The van der Waals surface area contributed by atoms with E-state index in [1.807, 2.05) is 20.8 Å². The molecule has 0 unspecified atom stereocenters. The van der Waals surface area contributed by atoms with Crippen LogP contribution in [0.15, 0.2) is 35.0 Å². The molecule has 3 rings (SSSR count). The van der Waals surface area contributed by atoms with Crippen molar-refractivity contribution in [1.82, 2.24) is 20.6 Å². The van der Waals surface area contributed by atoms with Gasteiger partial charge in [0, 0.05) is 24.0 Å². The van der Waals surface area contributed by atoms with Crippen LogP contribution in [0.5, 0.6) is 0 Å². The van der Waals surface area contributed by atoms with Gasteiger partial charge in [-0.1, -0.05) is 13.8 Å². The number of hydrogen-bond acceptors (Lipinski definition) is 7. The summed E-state index contributed by atoms with van der Waals surface area (Å²) in [6.07, 6.45) is 2.44. The Kier molecular flexibility index (Phi) is 8.33. The van der Waals surface area contributed by atoms with Gasteiger partial charge in [0.25, 0.3) is 0 Å². The van der Waals surface area contributed by atoms with E-state index in [9.17, 15) is 14.0 Å². The molecule has 0 aliphatic carbocycles. The zero-order valence-electron chi connectivity index (χ0n) is 21.4. The predicted octanol–water partition coefficient (Wildman–Crippen LogP) is 5.13. The van der Waals surface area contributed by atoms with Crippen LogP contribution >= 0.6 is 0 Å². The van der Waals surface area contributed by atoms with Crippen LogP contribution in [0.1, 0.15) is 52.0 Å². The summed E-state index contributed by atoms with van der Waals surface area (Å²) in [7, 11) is 0. The molecule has 0 saturated carbocycles. The molecule has 2 aromatic heterocycles. The summed E-state index contributed by atoms with van der Waals surface area (Å²) in [6.45, 7) is 11.9. The standard InChI is InChI=1S/C25H33FN6O4/c1-14(2)20(21-15(3)18-11-16(26)7-8-19(18)35-21)32-23(33)31-17-12-29-22(30-13-17)27-9-10-28-24(34)36-25(4,5)6/h7-8,11-14,20H,9-10H2,1-6H3,(H,28,34)(H,27,29,30)(H2,31,32,33)/t20-/m0/s1. The van der Waals surface area contributed by atoms with Crippen molar-refractivity contribution in [1.29, 1.82) is 0 Å². The van der Waals surface area contributed by atoms with Crippen LogP contribution in [0.25, 0.3) is 11.0 Å². The molecule has 0 radical (unpaired) electrons. The number of alkyl carbamates (subject to hydrolysis) is 1. The van der Waals surface area contributed by atoms with Gasteiger partial charge in [0.05, 0.1) is 24.1 Å². The molecule has 1 atom stereocenters. The van der Waals surface area contributed by atoms with E-state index in [2.05, 4.69) is 31.2 Å². The van der Waals surface area contributed by atoms with Crippen molar-refractivity contribution in [2.24, 2.45) is 5.92 Å². The first kappa shape index (κ1) is 26.7. The van der Waals surface area contributed by atoms with Gasteiger partial charge in [-0.05, 0) is 51.8 Å². The second kappa shape index (κ2) is 11.2. The summed E-state index contributed by atoms with van der Waals surface area (Å²) in [5, 5.41) is 11.9. The van der Waals surface area contributed by atoms with Crippen molar-refractivity contribution in [3.8, 4) is 0 Å². The summed E-state index contributed by atoms with van der Waals surface area (Å²) in [6, 6.07) is 3.47. The minimum atomic E-state index is -0.560. The number of ether oxygens (including phenoxy) is 1. The highest BCUT2D eigenvalue weighted by atomic mass is 19.1. The molecule has 0 spiro atoms. The number of fused-ring (bicyclic) bond motifs is 1. The molecule has 36 heavy (non-hydrogen) atoms. The number of aromatic nitrogens is 2. The molecule has 3 amide bonds. The fourth-order valence-corrected chi connectivity index (χ4v) is 3.49. The molecule has 0 aliphatic rings. The Morgan fingerprint density at radius 2 is 1.83 bits per heavy atom. The number of furan rings is 1. The number of aryl methyl sites for hydroxylation is 1. The summed E-state index contributed by atoms with van der Waals surface area (Å²) in [4.78, 5) is 32.7. The third-order valence-electron chi connectivity index (χ3n) is 5.16. The SMILES string of the molecule is Cc1c([C@@H](NC(=O)Nc2cnc(NCCNC(=O)OC(C)(C)C)nc2)C(C)C)oc2ccc(F)cc12. The van der Waals surface area contributed by atoms with Crippen molar-refractivity contribution in [2.75, 3.05) is 23.7 Å². The fourth-order valence-electron chi connectivity index (χ4n) is 3.49. The molecule has 11 heteroatoms. The van der Waals surface area contributed by atoms with Gasteiger partial charge in [0.2, 0.25) is 5.95 Å². The average molecular weight is 501 g/mol. The second-order valence-corrected chi connectivity index (χ2v) is 9.70. The molecule has 0 fully saturated rings. The summed E-state index contributed by atoms with van der Waals surface area (Å²) in [5.74, 6) is 0.590. The van der Waals surface area contributed by atoms with Crippen LogP contribution in [0.4, 0.5) is 25.6 Å². The molecule has 194 valence electrons. The molecular weight excluding hydrogens is 467 g/mol. The van der Waals surface area contributed by atoms with Crippen LogP contribution < -0.4 is 21.3 Å². The smallest absolute Gasteiger partial charge is 0.407 e. The number of nitrogens with zero attached hydrogens (tertiary/aromatic N) is 2. The van der Waals surface area contributed by atoms with E-state index >= 15 is 0 Å². The van der Waals surface area contributed by atoms with Gasteiger partial charge in [0.1, 0.15) is 22.8 Å². The first-order valence-electron chi connectivity index (χ1n) is 11.7. The minimum absolute atomic E-state index is 0.0111. The van der Waals surface area contributed by atoms with Gasteiger partial charge in [-0.25, -0.2) is 23.9 Å².